The number of ether oxygens (including phenoxy) is 1. The van der Waals surface area contributed by atoms with E-state index in [2.05, 4.69) is 5.10 Å². The van der Waals surface area contributed by atoms with Gasteiger partial charge in [-0.2, -0.15) is 9.78 Å². The molecule has 0 aliphatic rings. The molecule has 1 aromatic heterocycles. The van der Waals surface area contributed by atoms with Crippen molar-refractivity contribution < 1.29 is 4.74 Å². The molecule has 0 spiro atoms. The summed E-state index contributed by atoms with van der Waals surface area (Å²) in [6.07, 6.45) is 0. The van der Waals surface area contributed by atoms with E-state index in [1.165, 1.54) is 10.7 Å². The van der Waals surface area contributed by atoms with Crippen molar-refractivity contribution in [3.8, 4) is 22.7 Å². The number of nitrogens with zero attached hydrogens (tertiary/aromatic N) is 2. The van der Waals surface area contributed by atoms with Gasteiger partial charge < -0.3 is 4.74 Å². The fourth-order valence-corrected chi connectivity index (χ4v) is 2.61. The largest absolute Gasteiger partial charge is 0.494 e. The molecular weight excluding hydrogens is 324 g/mol. The third kappa shape index (κ3) is 3.34. The predicted octanol–water partition coefficient (Wildman–Crippen LogP) is 4.26. The van der Waals surface area contributed by atoms with Crippen molar-refractivity contribution >= 4 is 11.6 Å². The highest BCUT2D eigenvalue weighted by molar-refractivity contribution is 6.30. The second-order valence-electron chi connectivity index (χ2n) is 5.36. The number of halogens is 1. The van der Waals surface area contributed by atoms with Crippen LogP contribution < -0.4 is 10.3 Å². The van der Waals surface area contributed by atoms with E-state index in [4.69, 9.17) is 16.3 Å². The molecule has 24 heavy (non-hydrogen) atoms. The van der Waals surface area contributed by atoms with Gasteiger partial charge in [0.1, 0.15) is 5.75 Å². The van der Waals surface area contributed by atoms with Crippen LogP contribution in [0.15, 0.2) is 59.4 Å². The van der Waals surface area contributed by atoms with Crippen molar-refractivity contribution in [3.63, 3.8) is 0 Å². The molecule has 2 aromatic carbocycles. The minimum Gasteiger partial charge on any atom is -0.494 e. The average Bonchev–Trinajstić information content (AvgIpc) is 2.57. The summed E-state index contributed by atoms with van der Waals surface area (Å²) in [5.41, 5.74) is 3.08. The third-order valence-corrected chi connectivity index (χ3v) is 3.90. The van der Waals surface area contributed by atoms with Gasteiger partial charge in [0.15, 0.2) is 0 Å². The standard InChI is InChI=1S/C19H17ClN2O2/c1-3-24-16-8-10-18(13(2)12-16)22-19(23)11-9-17(21-22)14-4-6-15(20)7-5-14/h4-12H,3H2,1-2H3. The van der Waals surface area contributed by atoms with Crippen molar-refractivity contribution in [1.29, 1.82) is 0 Å². The third-order valence-electron chi connectivity index (χ3n) is 3.65. The van der Waals surface area contributed by atoms with Crippen molar-refractivity contribution in [2.75, 3.05) is 6.61 Å². The van der Waals surface area contributed by atoms with Crippen LogP contribution in [0.2, 0.25) is 5.02 Å². The van der Waals surface area contributed by atoms with Crippen LogP contribution >= 0.6 is 11.6 Å². The molecule has 122 valence electrons. The van der Waals surface area contributed by atoms with Crippen LogP contribution in [0.1, 0.15) is 12.5 Å². The first-order valence-corrected chi connectivity index (χ1v) is 8.06. The molecule has 1 heterocycles. The molecule has 4 nitrogen and oxygen atoms in total. The molecule has 0 fully saturated rings. The Bertz CT molecular complexity index is 917. The SMILES string of the molecule is CCOc1ccc(-n2nc(-c3ccc(Cl)cc3)ccc2=O)c(C)c1. The highest BCUT2D eigenvalue weighted by Gasteiger charge is 2.09. The molecule has 0 unspecified atom stereocenters. The minimum atomic E-state index is -0.181. The Morgan fingerprint density at radius 2 is 1.83 bits per heavy atom. The molecule has 0 atom stereocenters. The highest BCUT2D eigenvalue weighted by atomic mass is 35.5. The summed E-state index contributed by atoms with van der Waals surface area (Å²) in [6, 6.07) is 16.2. The van der Waals surface area contributed by atoms with E-state index in [1.54, 1.807) is 18.2 Å². The summed E-state index contributed by atoms with van der Waals surface area (Å²) in [6.45, 7) is 4.47. The Hall–Kier alpha value is -2.59. The van der Waals surface area contributed by atoms with Gasteiger partial charge in [0.25, 0.3) is 5.56 Å². The fourth-order valence-electron chi connectivity index (χ4n) is 2.48. The topological polar surface area (TPSA) is 44.1 Å². The van der Waals surface area contributed by atoms with E-state index in [0.717, 1.165) is 22.6 Å². The molecule has 0 aliphatic heterocycles. The zero-order valence-electron chi connectivity index (χ0n) is 13.5. The predicted molar refractivity (Wildman–Crippen MR) is 96.2 cm³/mol. The van der Waals surface area contributed by atoms with E-state index < -0.39 is 0 Å². The first-order valence-electron chi connectivity index (χ1n) is 7.68. The molecule has 0 saturated carbocycles. The number of benzene rings is 2. The summed E-state index contributed by atoms with van der Waals surface area (Å²) in [4.78, 5) is 12.3. The number of hydrogen-bond donors (Lipinski definition) is 0. The van der Waals surface area contributed by atoms with Gasteiger partial charge in [0.2, 0.25) is 0 Å². The van der Waals surface area contributed by atoms with Gasteiger partial charge in [-0.25, -0.2) is 0 Å². The smallest absolute Gasteiger partial charge is 0.271 e. The van der Waals surface area contributed by atoms with Gasteiger partial charge in [-0.3, -0.25) is 4.79 Å². The first kappa shape index (κ1) is 16.3. The van der Waals surface area contributed by atoms with Gasteiger partial charge in [0, 0.05) is 16.7 Å². The molecule has 0 bridgehead atoms. The molecule has 3 aromatic rings. The van der Waals surface area contributed by atoms with Crippen LogP contribution in [-0.2, 0) is 0 Å². The van der Waals surface area contributed by atoms with Crippen LogP contribution in [0.4, 0.5) is 0 Å². The molecule has 0 saturated heterocycles. The van der Waals surface area contributed by atoms with Crippen molar-refractivity contribution in [3.05, 3.63) is 75.5 Å². The van der Waals surface area contributed by atoms with E-state index in [1.807, 2.05) is 44.2 Å². The monoisotopic (exact) mass is 340 g/mol. The molecule has 0 aliphatic carbocycles. The van der Waals surface area contributed by atoms with E-state index in [-0.39, 0.29) is 5.56 Å². The van der Waals surface area contributed by atoms with E-state index in [9.17, 15) is 4.79 Å². The summed E-state index contributed by atoms with van der Waals surface area (Å²) in [5.74, 6) is 0.778. The first-order chi connectivity index (χ1) is 11.6. The molecular formula is C19H17ClN2O2. The number of rotatable bonds is 4. The molecule has 0 radical (unpaired) electrons. The van der Waals surface area contributed by atoms with Crippen LogP contribution in [0.3, 0.4) is 0 Å². The molecule has 5 heteroatoms. The van der Waals surface area contributed by atoms with Crippen LogP contribution in [-0.4, -0.2) is 16.4 Å². The van der Waals surface area contributed by atoms with Crippen LogP contribution in [0.5, 0.6) is 5.75 Å². The molecule has 0 amide bonds. The lowest BCUT2D eigenvalue weighted by Gasteiger charge is -2.11. The normalized spacial score (nSPS) is 10.6. The Morgan fingerprint density at radius 1 is 1.08 bits per heavy atom. The summed E-state index contributed by atoms with van der Waals surface area (Å²) < 4.78 is 6.90. The maximum atomic E-state index is 12.3. The maximum Gasteiger partial charge on any atom is 0.271 e. The zero-order valence-corrected chi connectivity index (χ0v) is 14.2. The maximum absolute atomic E-state index is 12.3. The van der Waals surface area contributed by atoms with Gasteiger partial charge in [-0.05, 0) is 55.8 Å². The van der Waals surface area contributed by atoms with Gasteiger partial charge in [0.05, 0.1) is 18.0 Å². The van der Waals surface area contributed by atoms with Gasteiger partial charge >= 0.3 is 0 Å². The Labute approximate surface area is 145 Å². The summed E-state index contributed by atoms with van der Waals surface area (Å²) in [5, 5.41) is 5.16. The van der Waals surface area contributed by atoms with E-state index >= 15 is 0 Å². The van der Waals surface area contributed by atoms with Crippen LogP contribution in [0.25, 0.3) is 16.9 Å². The van der Waals surface area contributed by atoms with Gasteiger partial charge in [-0.1, -0.05) is 23.7 Å². The lowest BCUT2D eigenvalue weighted by Crippen LogP contribution is -2.21. The Morgan fingerprint density at radius 3 is 2.50 bits per heavy atom. The summed E-state index contributed by atoms with van der Waals surface area (Å²) in [7, 11) is 0. The highest BCUT2D eigenvalue weighted by Crippen LogP contribution is 2.22. The zero-order chi connectivity index (χ0) is 17.1. The molecule has 0 N–H and O–H groups in total. The lowest BCUT2D eigenvalue weighted by atomic mass is 10.1. The fraction of sp³-hybridized carbons (Fsp3) is 0.158. The quantitative estimate of drug-likeness (QED) is 0.712. The lowest BCUT2D eigenvalue weighted by molar-refractivity contribution is 0.340. The van der Waals surface area contributed by atoms with Crippen molar-refractivity contribution in [2.45, 2.75) is 13.8 Å². The number of aryl methyl sites for hydroxylation is 1. The summed E-state index contributed by atoms with van der Waals surface area (Å²) >= 11 is 5.93. The molecule has 3 rings (SSSR count). The van der Waals surface area contributed by atoms with Gasteiger partial charge in [-0.15, -0.1) is 0 Å². The average molecular weight is 341 g/mol. The van der Waals surface area contributed by atoms with Crippen molar-refractivity contribution in [1.82, 2.24) is 9.78 Å². The van der Waals surface area contributed by atoms with E-state index in [0.29, 0.717) is 17.3 Å². The second-order valence-corrected chi connectivity index (χ2v) is 5.79. The minimum absolute atomic E-state index is 0.181. The number of aromatic nitrogens is 2. The Kier molecular flexibility index (Phi) is 4.67. The van der Waals surface area contributed by atoms with Crippen molar-refractivity contribution in [2.24, 2.45) is 0 Å². The number of hydrogen-bond acceptors (Lipinski definition) is 3. The Balaban J connectivity index is 2.06. The second kappa shape index (κ2) is 6.89. The van der Waals surface area contributed by atoms with Crippen LogP contribution in [0, 0.1) is 6.92 Å².